The molecule has 0 spiro atoms. The normalized spacial score (nSPS) is 27.3. The summed E-state index contributed by atoms with van der Waals surface area (Å²) in [6, 6.07) is 1.06. The molecule has 0 aromatic heterocycles. The van der Waals surface area contributed by atoms with Gasteiger partial charge in [0.25, 0.3) is 0 Å². The number of rotatable bonds is 2. The van der Waals surface area contributed by atoms with Gasteiger partial charge in [-0.25, -0.2) is 4.79 Å². The van der Waals surface area contributed by atoms with Crippen molar-refractivity contribution in [1.29, 1.82) is 0 Å². The number of nitrogens with zero attached hydrogens (tertiary/aromatic N) is 1. The molecule has 2 aliphatic rings. The van der Waals surface area contributed by atoms with Gasteiger partial charge in [0.15, 0.2) is 0 Å². The summed E-state index contributed by atoms with van der Waals surface area (Å²) in [4.78, 5) is 13.5. The molecule has 1 aliphatic carbocycles. The molecule has 1 aliphatic heterocycles. The monoisotopic (exact) mass is 200 g/mol. The maximum Gasteiger partial charge on any atom is 0.317 e. The Labute approximate surface area is 83.2 Å². The molecule has 1 saturated heterocycles. The zero-order valence-corrected chi connectivity index (χ0v) is 8.77. The molecule has 13 heavy (non-hydrogen) atoms. The fourth-order valence-electron chi connectivity index (χ4n) is 1.50. The van der Waals surface area contributed by atoms with E-state index in [1.54, 1.807) is 0 Å². The SMILES string of the molecule is CN(C(=O)NC1CC1)C1CCSC1. The highest BCUT2D eigenvalue weighted by molar-refractivity contribution is 7.99. The van der Waals surface area contributed by atoms with Crippen molar-refractivity contribution in [3.63, 3.8) is 0 Å². The molecule has 1 heterocycles. The highest BCUT2D eigenvalue weighted by Crippen LogP contribution is 2.23. The molecule has 0 aromatic carbocycles. The molecule has 0 aromatic rings. The van der Waals surface area contributed by atoms with Crippen LogP contribution in [0.1, 0.15) is 19.3 Å². The fourth-order valence-corrected chi connectivity index (χ4v) is 2.77. The quantitative estimate of drug-likeness (QED) is 0.728. The van der Waals surface area contributed by atoms with Gasteiger partial charge in [-0.1, -0.05) is 0 Å². The Hall–Kier alpha value is -0.380. The summed E-state index contributed by atoms with van der Waals surface area (Å²) in [5.41, 5.74) is 0. The Kier molecular flexibility index (Phi) is 2.67. The number of hydrogen-bond donors (Lipinski definition) is 1. The first-order valence-electron chi connectivity index (χ1n) is 4.88. The number of carbonyl (C=O) groups excluding carboxylic acids is 1. The molecule has 1 atom stereocenters. The summed E-state index contributed by atoms with van der Waals surface area (Å²) in [6.07, 6.45) is 3.48. The molecule has 2 fully saturated rings. The lowest BCUT2D eigenvalue weighted by Crippen LogP contribution is -2.44. The second-order valence-corrected chi connectivity index (χ2v) is 5.00. The van der Waals surface area contributed by atoms with Crippen molar-refractivity contribution in [2.75, 3.05) is 18.6 Å². The largest absolute Gasteiger partial charge is 0.335 e. The minimum absolute atomic E-state index is 0.120. The van der Waals surface area contributed by atoms with Crippen LogP contribution in [-0.4, -0.2) is 41.6 Å². The van der Waals surface area contributed by atoms with Crippen molar-refractivity contribution in [3.05, 3.63) is 0 Å². The van der Waals surface area contributed by atoms with Crippen LogP contribution >= 0.6 is 11.8 Å². The Morgan fingerprint density at radius 3 is 2.77 bits per heavy atom. The zero-order chi connectivity index (χ0) is 9.26. The van der Waals surface area contributed by atoms with Crippen LogP contribution in [0.25, 0.3) is 0 Å². The van der Waals surface area contributed by atoms with E-state index in [-0.39, 0.29) is 6.03 Å². The van der Waals surface area contributed by atoms with Crippen LogP contribution < -0.4 is 5.32 Å². The first kappa shape index (κ1) is 9.19. The molecule has 4 heteroatoms. The summed E-state index contributed by atoms with van der Waals surface area (Å²) in [7, 11) is 1.91. The highest BCUT2D eigenvalue weighted by Gasteiger charge is 2.28. The van der Waals surface area contributed by atoms with Gasteiger partial charge in [0.05, 0.1) is 0 Å². The average molecular weight is 200 g/mol. The molecular formula is C9H16N2OS. The third-order valence-corrected chi connectivity index (χ3v) is 3.82. The topological polar surface area (TPSA) is 32.3 Å². The average Bonchev–Trinajstić information content (AvgIpc) is 2.78. The van der Waals surface area contributed by atoms with Crippen LogP contribution in [0, 0.1) is 0 Å². The van der Waals surface area contributed by atoms with Gasteiger partial charge in [0.1, 0.15) is 0 Å². The summed E-state index contributed by atoms with van der Waals surface area (Å²) >= 11 is 1.94. The van der Waals surface area contributed by atoms with E-state index in [2.05, 4.69) is 5.32 Å². The molecular weight excluding hydrogens is 184 g/mol. The van der Waals surface area contributed by atoms with Crippen LogP contribution in [0.3, 0.4) is 0 Å². The number of urea groups is 1. The zero-order valence-electron chi connectivity index (χ0n) is 7.95. The van der Waals surface area contributed by atoms with E-state index in [4.69, 9.17) is 0 Å². The Morgan fingerprint density at radius 2 is 2.23 bits per heavy atom. The van der Waals surface area contributed by atoms with Crippen molar-refractivity contribution < 1.29 is 4.79 Å². The minimum atomic E-state index is 0.120. The smallest absolute Gasteiger partial charge is 0.317 e. The summed E-state index contributed by atoms with van der Waals surface area (Å²) in [6.45, 7) is 0. The van der Waals surface area contributed by atoms with Gasteiger partial charge in [-0.05, 0) is 25.0 Å². The van der Waals surface area contributed by atoms with Gasteiger partial charge < -0.3 is 10.2 Å². The molecule has 3 nitrogen and oxygen atoms in total. The molecule has 0 radical (unpaired) electrons. The Bertz CT molecular complexity index is 200. The molecule has 0 bridgehead atoms. The van der Waals surface area contributed by atoms with E-state index in [1.807, 2.05) is 23.7 Å². The van der Waals surface area contributed by atoms with Crippen LogP contribution in [-0.2, 0) is 0 Å². The first-order valence-corrected chi connectivity index (χ1v) is 6.04. The lowest BCUT2D eigenvalue weighted by Gasteiger charge is -2.23. The number of carbonyl (C=O) groups is 1. The maximum atomic E-state index is 11.6. The molecule has 2 rings (SSSR count). The molecule has 74 valence electrons. The van der Waals surface area contributed by atoms with Crippen LogP contribution in [0.5, 0.6) is 0 Å². The minimum Gasteiger partial charge on any atom is -0.335 e. The fraction of sp³-hybridized carbons (Fsp3) is 0.889. The first-order chi connectivity index (χ1) is 6.27. The van der Waals surface area contributed by atoms with Crippen molar-refractivity contribution >= 4 is 17.8 Å². The van der Waals surface area contributed by atoms with Gasteiger partial charge >= 0.3 is 6.03 Å². The standard InChI is InChI=1S/C9H16N2OS/c1-11(8-4-5-13-6-8)9(12)10-7-2-3-7/h7-8H,2-6H2,1H3,(H,10,12). The molecule has 2 amide bonds. The van der Waals surface area contributed by atoms with E-state index < -0.39 is 0 Å². The summed E-state index contributed by atoms with van der Waals surface area (Å²) in [5, 5.41) is 3.01. The lowest BCUT2D eigenvalue weighted by molar-refractivity contribution is 0.194. The van der Waals surface area contributed by atoms with E-state index >= 15 is 0 Å². The van der Waals surface area contributed by atoms with Crippen LogP contribution in [0.15, 0.2) is 0 Å². The third-order valence-electron chi connectivity index (χ3n) is 2.68. The van der Waals surface area contributed by atoms with Crippen LogP contribution in [0.2, 0.25) is 0 Å². The summed E-state index contributed by atoms with van der Waals surface area (Å²) in [5.74, 6) is 2.31. The number of amides is 2. The maximum absolute atomic E-state index is 11.6. The van der Waals surface area contributed by atoms with E-state index in [0.717, 1.165) is 12.2 Å². The van der Waals surface area contributed by atoms with Crippen molar-refractivity contribution in [2.45, 2.75) is 31.3 Å². The highest BCUT2D eigenvalue weighted by atomic mass is 32.2. The Balaban J connectivity index is 1.79. The van der Waals surface area contributed by atoms with Gasteiger partial charge in [-0.2, -0.15) is 11.8 Å². The third kappa shape index (κ3) is 2.30. The predicted octanol–water partition coefficient (Wildman–Crippen LogP) is 1.30. The molecule has 1 N–H and O–H groups in total. The second-order valence-electron chi connectivity index (χ2n) is 3.85. The van der Waals surface area contributed by atoms with Gasteiger partial charge in [0.2, 0.25) is 0 Å². The second kappa shape index (κ2) is 3.78. The molecule has 1 unspecified atom stereocenters. The van der Waals surface area contributed by atoms with Crippen molar-refractivity contribution in [1.82, 2.24) is 10.2 Å². The van der Waals surface area contributed by atoms with E-state index in [0.29, 0.717) is 12.1 Å². The van der Waals surface area contributed by atoms with Crippen LogP contribution in [0.4, 0.5) is 4.79 Å². The number of hydrogen-bond acceptors (Lipinski definition) is 2. The van der Waals surface area contributed by atoms with Crippen molar-refractivity contribution in [2.24, 2.45) is 0 Å². The molecule has 1 saturated carbocycles. The number of nitrogens with one attached hydrogen (secondary N) is 1. The predicted molar refractivity (Wildman–Crippen MR) is 55.0 cm³/mol. The summed E-state index contributed by atoms with van der Waals surface area (Å²) < 4.78 is 0. The van der Waals surface area contributed by atoms with Crippen molar-refractivity contribution in [3.8, 4) is 0 Å². The van der Waals surface area contributed by atoms with Gasteiger partial charge in [-0.15, -0.1) is 0 Å². The lowest BCUT2D eigenvalue weighted by atomic mass is 10.2. The van der Waals surface area contributed by atoms with E-state index in [1.165, 1.54) is 18.6 Å². The van der Waals surface area contributed by atoms with Gasteiger partial charge in [-0.3, -0.25) is 0 Å². The van der Waals surface area contributed by atoms with E-state index in [9.17, 15) is 4.79 Å². The Morgan fingerprint density at radius 1 is 1.46 bits per heavy atom. The van der Waals surface area contributed by atoms with Gasteiger partial charge in [0, 0.05) is 24.9 Å². The number of thioether (sulfide) groups is 1.